The molecule has 0 amide bonds. The average molecular weight is 219 g/mol. The Balaban J connectivity index is 1.90. The van der Waals surface area contributed by atoms with Gasteiger partial charge >= 0.3 is 0 Å². The zero-order valence-corrected chi connectivity index (χ0v) is 9.37. The second-order valence-corrected chi connectivity index (χ2v) is 4.02. The predicted molar refractivity (Wildman–Crippen MR) is 61.6 cm³/mol. The van der Waals surface area contributed by atoms with Crippen LogP contribution >= 0.6 is 11.5 Å². The van der Waals surface area contributed by atoms with Crippen LogP contribution in [0.4, 0.5) is 0 Å². The summed E-state index contributed by atoms with van der Waals surface area (Å²) in [5, 5.41) is 9.36. The normalized spacial score (nSPS) is 12.6. The molecule has 15 heavy (non-hydrogen) atoms. The van der Waals surface area contributed by atoms with Crippen LogP contribution in [0.5, 0.6) is 0 Å². The van der Waals surface area contributed by atoms with Gasteiger partial charge < -0.3 is 5.32 Å². The molecular formula is C11H13N3S. The minimum atomic E-state index is 0.341. The van der Waals surface area contributed by atoms with E-state index >= 15 is 0 Å². The monoisotopic (exact) mass is 219 g/mol. The lowest BCUT2D eigenvalue weighted by Gasteiger charge is -2.12. The highest BCUT2D eigenvalue weighted by Crippen LogP contribution is 2.11. The number of rotatable bonds is 4. The summed E-state index contributed by atoms with van der Waals surface area (Å²) in [4.78, 5) is 0. The largest absolute Gasteiger partial charge is 0.304 e. The first kappa shape index (κ1) is 10.3. The van der Waals surface area contributed by atoms with E-state index in [1.165, 1.54) is 17.1 Å². The molecule has 1 heterocycles. The third kappa shape index (κ3) is 2.84. The van der Waals surface area contributed by atoms with Gasteiger partial charge in [0.2, 0.25) is 0 Å². The summed E-state index contributed by atoms with van der Waals surface area (Å²) in [7, 11) is 0. The summed E-state index contributed by atoms with van der Waals surface area (Å²) in [6.45, 7) is 2.92. The summed E-state index contributed by atoms with van der Waals surface area (Å²) in [5.74, 6) is 0. The molecule has 78 valence electrons. The van der Waals surface area contributed by atoms with Crippen LogP contribution in [0.1, 0.15) is 24.2 Å². The second kappa shape index (κ2) is 5.00. The number of hydrogen-bond donors (Lipinski definition) is 1. The molecule has 1 aromatic heterocycles. The Kier molecular flexibility index (Phi) is 3.42. The quantitative estimate of drug-likeness (QED) is 0.858. The van der Waals surface area contributed by atoms with Crippen molar-refractivity contribution in [2.75, 3.05) is 0 Å². The fourth-order valence-electron chi connectivity index (χ4n) is 1.38. The van der Waals surface area contributed by atoms with Gasteiger partial charge in [-0.3, -0.25) is 0 Å². The summed E-state index contributed by atoms with van der Waals surface area (Å²) in [6.07, 6.45) is 0. The second-order valence-electron chi connectivity index (χ2n) is 3.41. The third-order valence-corrected chi connectivity index (χ3v) is 2.85. The molecule has 1 N–H and O–H groups in total. The van der Waals surface area contributed by atoms with Gasteiger partial charge in [0.25, 0.3) is 0 Å². The Bertz CT molecular complexity index is 385. The standard InChI is InChI=1S/C11H13N3S/c1-9(10-5-3-2-4-6-10)12-7-11-8-15-14-13-11/h2-6,8-9,12H,7H2,1H3. The van der Waals surface area contributed by atoms with Crippen LogP contribution in [0.2, 0.25) is 0 Å². The zero-order valence-electron chi connectivity index (χ0n) is 8.55. The maximum absolute atomic E-state index is 3.99. The molecule has 1 aromatic carbocycles. The molecular weight excluding hydrogens is 206 g/mol. The summed E-state index contributed by atoms with van der Waals surface area (Å²) in [6, 6.07) is 10.7. The van der Waals surface area contributed by atoms with E-state index in [0.29, 0.717) is 6.04 Å². The first-order chi connectivity index (χ1) is 7.36. The first-order valence-corrected chi connectivity index (χ1v) is 5.74. The minimum Gasteiger partial charge on any atom is -0.304 e. The molecule has 0 aliphatic rings. The van der Waals surface area contributed by atoms with E-state index in [1.54, 1.807) is 0 Å². The summed E-state index contributed by atoms with van der Waals surface area (Å²) >= 11 is 1.39. The van der Waals surface area contributed by atoms with Crippen molar-refractivity contribution in [3.05, 3.63) is 47.0 Å². The highest BCUT2D eigenvalue weighted by atomic mass is 32.1. The molecule has 2 aromatic rings. The molecule has 4 heteroatoms. The van der Waals surface area contributed by atoms with Crippen LogP contribution in [-0.2, 0) is 6.54 Å². The van der Waals surface area contributed by atoms with Gasteiger partial charge in [0.15, 0.2) is 0 Å². The summed E-state index contributed by atoms with van der Waals surface area (Å²) < 4.78 is 3.82. The Morgan fingerprint density at radius 2 is 2.13 bits per heavy atom. The van der Waals surface area contributed by atoms with Gasteiger partial charge in [-0.15, -0.1) is 5.10 Å². The van der Waals surface area contributed by atoms with Crippen molar-refractivity contribution in [3.63, 3.8) is 0 Å². The fraction of sp³-hybridized carbons (Fsp3) is 0.273. The molecule has 0 spiro atoms. The van der Waals surface area contributed by atoms with Crippen molar-refractivity contribution >= 4 is 11.5 Å². The first-order valence-electron chi connectivity index (χ1n) is 4.90. The molecule has 1 unspecified atom stereocenters. The van der Waals surface area contributed by atoms with Crippen LogP contribution < -0.4 is 5.32 Å². The van der Waals surface area contributed by atoms with E-state index < -0.39 is 0 Å². The van der Waals surface area contributed by atoms with Crippen molar-refractivity contribution in [1.82, 2.24) is 14.9 Å². The molecule has 1 atom stereocenters. The van der Waals surface area contributed by atoms with Crippen LogP contribution in [0.15, 0.2) is 35.7 Å². The lowest BCUT2D eigenvalue weighted by molar-refractivity contribution is 0.567. The minimum absolute atomic E-state index is 0.341. The highest BCUT2D eigenvalue weighted by Gasteiger charge is 2.04. The number of nitrogens with one attached hydrogen (secondary N) is 1. The molecule has 0 fully saturated rings. The van der Waals surface area contributed by atoms with Crippen LogP contribution in [0.3, 0.4) is 0 Å². The van der Waals surface area contributed by atoms with Crippen molar-refractivity contribution in [1.29, 1.82) is 0 Å². The smallest absolute Gasteiger partial charge is 0.0893 e. The maximum Gasteiger partial charge on any atom is 0.0893 e. The lowest BCUT2D eigenvalue weighted by atomic mass is 10.1. The average Bonchev–Trinajstić information content (AvgIpc) is 2.80. The Morgan fingerprint density at radius 1 is 1.33 bits per heavy atom. The topological polar surface area (TPSA) is 37.8 Å². The van der Waals surface area contributed by atoms with Crippen LogP contribution in [-0.4, -0.2) is 9.59 Å². The molecule has 3 nitrogen and oxygen atoms in total. The predicted octanol–water partition coefficient (Wildman–Crippen LogP) is 2.39. The van der Waals surface area contributed by atoms with E-state index in [1.807, 2.05) is 11.4 Å². The van der Waals surface area contributed by atoms with Crippen molar-refractivity contribution in [2.24, 2.45) is 0 Å². The van der Waals surface area contributed by atoms with Crippen molar-refractivity contribution in [2.45, 2.75) is 19.5 Å². The van der Waals surface area contributed by atoms with Gasteiger partial charge in [0.1, 0.15) is 0 Å². The number of benzene rings is 1. The third-order valence-electron chi connectivity index (χ3n) is 2.29. The van der Waals surface area contributed by atoms with Gasteiger partial charge in [-0.25, -0.2) is 0 Å². The van der Waals surface area contributed by atoms with Gasteiger partial charge in [0.05, 0.1) is 5.69 Å². The van der Waals surface area contributed by atoms with E-state index in [9.17, 15) is 0 Å². The molecule has 2 rings (SSSR count). The van der Waals surface area contributed by atoms with Crippen LogP contribution in [0.25, 0.3) is 0 Å². The SMILES string of the molecule is CC(NCc1csnn1)c1ccccc1. The zero-order chi connectivity index (χ0) is 10.5. The Hall–Kier alpha value is -1.26. The Morgan fingerprint density at radius 3 is 2.80 bits per heavy atom. The van der Waals surface area contributed by atoms with Crippen molar-refractivity contribution in [3.8, 4) is 0 Å². The van der Waals surface area contributed by atoms with E-state index in [2.05, 4.69) is 46.1 Å². The van der Waals surface area contributed by atoms with Gasteiger partial charge in [-0.2, -0.15) is 0 Å². The van der Waals surface area contributed by atoms with Crippen LogP contribution in [0, 0.1) is 0 Å². The van der Waals surface area contributed by atoms with E-state index in [4.69, 9.17) is 0 Å². The molecule has 0 aliphatic heterocycles. The van der Waals surface area contributed by atoms with E-state index in [0.717, 1.165) is 12.2 Å². The van der Waals surface area contributed by atoms with Gasteiger partial charge in [-0.1, -0.05) is 34.8 Å². The molecule has 0 saturated carbocycles. The molecule has 0 radical (unpaired) electrons. The lowest BCUT2D eigenvalue weighted by Crippen LogP contribution is -2.18. The number of aromatic nitrogens is 2. The van der Waals surface area contributed by atoms with Gasteiger partial charge in [0, 0.05) is 18.0 Å². The van der Waals surface area contributed by atoms with Crippen molar-refractivity contribution < 1.29 is 0 Å². The maximum atomic E-state index is 3.99. The van der Waals surface area contributed by atoms with E-state index in [-0.39, 0.29) is 0 Å². The van der Waals surface area contributed by atoms with Gasteiger partial charge in [-0.05, 0) is 24.0 Å². The fourth-order valence-corrected chi connectivity index (χ4v) is 1.83. The summed E-state index contributed by atoms with van der Waals surface area (Å²) in [5.41, 5.74) is 2.29. The number of hydrogen-bond acceptors (Lipinski definition) is 4. The molecule has 0 bridgehead atoms. The highest BCUT2D eigenvalue weighted by molar-refractivity contribution is 7.03. The molecule has 0 aliphatic carbocycles. The Labute approximate surface area is 93.3 Å². The number of nitrogens with zero attached hydrogens (tertiary/aromatic N) is 2. The molecule has 0 saturated heterocycles.